The van der Waals surface area contributed by atoms with Gasteiger partial charge in [0.1, 0.15) is 24.1 Å². The monoisotopic (exact) mass is 543 g/mol. The predicted octanol–water partition coefficient (Wildman–Crippen LogP) is 5.36. The first kappa shape index (κ1) is 30.4. The molecule has 1 saturated heterocycles. The van der Waals surface area contributed by atoms with Crippen LogP contribution in [-0.4, -0.2) is 59.4 Å². The van der Waals surface area contributed by atoms with Crippen LogP contribution in [0.25, 0.3) is 0 Å². The van der Waals surface area contributed by atoms with Gasteiger partial charge in [0, 0.05) is 6.20 Å². The van der Waals surface area contributed by atoms with Crippen LogP contribution in [-0.2, 0) is 18.0 Å². The highest BCUT2D eigenvalue weighted by molar-refractivity contribution is 6.73. The minimum atomic E-state index is -2.04. The van der Waals surface area contributed by atoms with Crippen LogP contribution >= 0.6 is 0 Å². The van der Waals surface area contributed by atoms with Crippen molar-refractivity contribution < 1.29 is 18.0 Å². The van der Waals surface area contributed by atoms with E-state index in [1.54, 1.807) is 12.3 Å². The fraction of sp³-hybridized carbons (Fsp3) is 0.833. The summed E-state index contributed by atoms with van der Waals surface area (Å²) in [5.74, 6) is 0.195. The fourth-order valence-electron chi connectivity index (χ4n) is 4.18. The number of anilines is 1. The van der Waals surface area contributed by atoms with Crippen molar-refractivity contribution in [3.63, 3.8) is 0 Å². The Hall–Kier alpha value is -0.829. The number of ether oxygens (including phenoxy) is 1. The molecular weight excluding hydrogens is 495 g/mol. The van der Waals surface area contributed by atoms with E-state index in [0.29, 0.717) is 6.61 Å². The van der Waals surface area contributed by atoms with Crippen molar-refractivity contribution in [1.29, 1.82) is 0 Å². The molecule has 1 aliphatic heterocycles. The van der Waals surface area contributed by atoms with E-state index in [9.17, 15) is 4.79 Å². The summed E-state index contributed by atoms with van der Waals surface area (Å²) in [6.45, 7) is 20.4. The largest absolute Gasteiger partial charge is 0.414 e. The van der Waals surface area contributed by atoms with E-state index >= 15 is 0 Å². The van der Waals surface area contributed by atoms with Crippen LogP contribution < -0.4 is 11.4 Å². The van der Waals surface area contributed by atoms with Crippen LogP contribution in [0.15, 0.2) is 17.1 Å². The standard InChI is InChI=1S/C24H49N3O5Si3/c1-10-33(7,11-2)29-18-19-21(31-34(8,12-3)13-4)22(32-35(9,14-5)15-6)23(30-19)27-17-16-20(25)26-24(27)28/h16-17,19,21-23H,10-15,18H2,1-9H3,(H2,25,26,28). The van der Waals surface area contributed by atoms with E-state index in [1.165, 1.54) is 4.57 Å². The maximum absolute atomic E-state index is 12.9. The summed E-state index contributed by atoms with van der Waals surface area (Å²) in [6, 6.07) is 7.67. The highest BCUT2D eigenvalue weighted by Gasteiger charge is 2.52. The van der Waals surface area contributed by atoms with Crippen LogP contribution in [0.1, 0.15) is 47.8 Å². The summed E-state index contributed by atoms with van der Waals surface area (Å²) in [5, 5.41) is 0. The van der Waals surface area contributed by atoms with Gasteiger partial charge in [-0.2, -0.15) is 4.98 Å². The van der Waals surface area contributed by atoms with E-state index in [2.05, 4.69) is 66.2 Å². The molecule has 11 heteroatoms. The van der Waals surface area contributed by atoms with Crippen molar-refractivity contribution in [1.82, 2.24) is 9.55 Å². The summed E-state index contributed by atoms with van der Waals surface area (Å²) in [4.78, 5) is 16.9. The van der Waals surface area contributed by atoms with Crippen LogP contribution in [0.5, 0.6) is 0 Å². The molecule has 35 heavy (non-hydrogen) atoms. The Morgan fingerprint density at radius 2 is 1.37 bits per heavy atom. The third-order valence-electron chi connectivity index (χ3n) is 8.34. The second kappa shape index (κ2) is 12.6. The van der Waals surface area contributed by atoms with Gasteiger partial charge >= 0.3 is 5.69 Å². The molecule has 0 bridgehead atoms. The van der Waals surface area contributed by atoms with Crippen molar-refractivity contribution >= 4 is 30.8 Å². The lowest BCUT2D eigenvalue weighted by Gasteiger charge is -2.38. The van der Waals surface area contributed by atoms with Gasteiger partial charge in [0.25, 0.3) is 0 Å². The molecule has 0 aliphatic carbocycles. The molecule has 0 aromatic carbocycles. The summed E-state index contributed by atoms with van der Waals surface area (Å²) < 4.78 is 28.7. The van der Waals surface area contributed by atoms with Crippen LogP contribution in [0.2, 0.25) is 55.9 Å². The third kappa shape index (κ3) is 7.36. The SMILES string of the molecule is CC[Si](C)(CC)OCC1OC(n2ccc(N)nc2=O)C(O[Si](C)(CC)CC)C1O[Si](C)(CC)CC. The van der Waals surface area contributed by atoms with Crippen LogP contribution in [0, 0.1) is 0 Å². The molecule has 1 aromatic heterocycles. The van der Waals surface area contributed by atoms with Crippen molar-refractivity contribution in [2.75, 3.05) is 12.3 Å². The van der Waals surface area contributed by atoms with E-state index in [-0.39, 0.29) is 18.0 Å². The van der Waals surface area contributed by atoms with Gasteiger partial charge in [0.15, 0.2) is 31.2 Å². The molecule has 1 aromatic rings. The van der Waals surface area contributed by atoms with Gasteiger partial charge in [-0.15, -0.1) is 0 Å². The molecule has 4 unspecified atom stereocenters. The molecule has 0 amide bonds. The maximum Gasteiger partial charge on any atom is 0.351 e. The van der Waals surface area contributed by atoms with Gasteiger partial charge in [0.2, 0.25) is 0 Å². The predicted molar refractivity (Wildman–Crippen MR) is 150 cm³/mol. The van der Waals surface area contributed by atoms with Crippen molar-refractivity contribution in [3.8, 4) is 0 Å². The van der Waals surface area contributed by atoms with E-state index in [0.717, 1.165) is 36.3 Å². The average Bonchev–Trinajstić information content (AvgIpc) is 3.18. The minimum Gasteiger partial charge on any atom is -0.414 e. The van der Waals surface area contributed by atoms with E-state index < -0.39 is 43.0 Å². The number of hydrogen-bond donors (Lipinski definition) is 1. The normalized spacial score (nSPS) is 23.7. The zero-order valence-electron chi connectivity index (χ0n) is 23.4. The Morgan fingerprint density at radius 1 is 0.886 bits per heavy atom. The minimum absolute atomic E-state index is 0.195. The Bertz CT molecular complexity index is 859. The fourth-order valence-corrected chi connectivity index (χ4v) is 9.17. The molecule has 202 valence electrons. The van der Waals surface area contributed by atoms with E-state index in [4.69, 9.17) is 23.7 Å². The first-order valence-corrected chi connectivity index (χ1v) is 21.9. The number of nitrogens with zero attached hydrogens (tertiary/aromatic N) is 2. The zero-order valence-corrected chi connectivity index (χ0v) is 26.4. The smallest absolute Gasteiger partial charge is 0.351 e. The highest BCUT2D eigenvalue weighted by atomic mass is 28.4. The first-order valence-electron chi connectivity index (χ1n) is 13.4. The van der Waals surface area contributed by atoms with Gasteiger partial charge in [0.05, 0.1) is 6.61 Å². The second-order valence-electron chi connectivity index (χ2n) is 10.6. The number of nitrogens with two attached hydrogens (primary N) is 1. The Kier molecular flexibility index (Phi) is 11.0. The van der Waals surface area contributed by atoms with Gasteiger partial charge in [-0.3, -0.25) is 4.57 Å². The molecule has 0 spiro atoms. The Balaban J connectivity index is 2.55. The number of aromatic nitrogens is 2. The third-order valence-corrected chi connectivity index (χ3v) is 19.9. The average molecular weight is 544 g/mol. The summed E-state index contributed by atoms with van der Waals surface area (Å²) in [5.41, 5.74) is 5.34. The molecule has 1 aliphatic rings. The molecule has 2 rings (SSSR count). The molecule has 2 N–H and O–H groups in total. The van der Waals surface area contributed by atoms with Crippen molar-refractivity contribution in [2.24, 2.45) is 0 Å². The van der Waals surface area contributed by atoms with Gasteiger partial charge in [-0.25, -0.2) is 4.79 Å². The second-order valence-corrected chi connectivity index (χ2v) is 24.3. The molecule has 2 heterocycles. The Morgan fingerprint density at radius 3 is 1.83 bits per heavy atom. The Labute approximate surface area is 215 Å². The molecule has 0 radical (unpaired) electrons. The van der Waals surface area contributed by atoms with Crippen molar-refractivity contribution in [3.05, 3.63) is 22.7 Å². The quantitative estimate of drug-likeness (QED) is 0.316. The number of hydrogen-bond acceptors (Lipinski definition) is 7. The molecular formula is C24H49N3O5Si3. The zero-order chi connectivity index (χ0) is 26.4. The van der Waals surface area contributed by atoms with Gasteiger partial charge in [-0.1, -0.05) is 41.5 Å². The summed E-state index contributed by atoms with van der Waals surface area (Å²) in [7, 11) is -5.87. The summed E-state index contributed by atoms with van der Waals surface area (Å²) in [6.07, 6.45) is -0.0171. The maximum atomic E-state index is 12.9. The van der Waals surface area contributed by atoms with Gasteiger partial charge in [-0.05, 0) is 62.0 Å². The lowest BCUT2D eigenvalue weighted by molar-refractivity contribution is -0.0501. The summed E-state index contributed by atoms with van der Waals surface area (Å²) >= 11 is 0. The molecule has 0 saturated carbocycles. The number of rotatable bonds is 14. The van der Waals surface area contributed by atoms with Crippen LogP contribution in [0.4, 0.5) is 5.82 Å². The van der Waals surface area contributed by atoms with Gasteiger partial charge < -0.3 is 23.7 Å². The molecule has 4 atom stereocenters. The van der Waals surface area contributed by atoms with Crippen LogP contribution in [0.3, 0.4) is 0 Å². The molecule has 8 nitrogen and oxygen atoms in total. The highest BCUT2D eigenvalue weighted by Crippen LogP contribution is 2.39. The molecule has 1 fully saturated rings. The van der Waals surface area contributed by atoms with Crippen molar-refractivity contribution in [2.45, 2.75) is 122 Å². The van der Waals surface area contributed by atoms with E-state index in [1.807, 2.05) is 0 Å². The number of nitrogen functional groups attached to an aromatic ring is 1. The lowest BCUT2D eigenvalue weighted by Crippen LogP contribution is -2.51. The lowest BCUT2D eigenvalue weighted by atomic mass is 10.1. The topological polar surface area (TPSA) is 97.8 Å². The first-order chi connectivity index (χ1) is 16.4.